The van der Waals surface area contributed by atoms with E-state index < -0.39 is 10.0 Å². The minimum atomic E-state index is -3.37. The average molecular weight is 321 g/mol. The molecule has 106 valence electrons. The predicted octanol–water partition coefficient (Wildman–Crippen LogP) is 2.12. The lowest BCUT2D eigenvalue weighted by Gasteiger charge is -2.32. The molecular formula is C12H17ClN2O2S2. The zero-order valence-electron chi connectivity index (χ0n) is 10.8. The van der Waals surface area contributed by atoms with Crippen molar-refractivity contribution in [3.05, 3.63) is 16.5 Å². The first-order valence-electron chi connectivity index (χ1n) is 6.42. The van der Waals surface area contributed by atoms with E-state index in [1.54, 1.807) is 16.4 Å². The molecule has 0 saturated carbocycles. The fraction of sp³-hybridized carbons (Fsp3) is 0.667. The van der Waals surface area contributed by atoms with Gasteiger partial charge in [-0.15, -0.1) is 11.3 Å². The number of nitrogens with zero attached hydrogens (tertiary/aromatic N) is 2. The molecule has 2 atom stereocenters. The van der Waals surface area contributed by atoms with Crippen LogP contribution in [0.15, 0.2) is 16.3 Å². The van der Waals surface area contributed by atoms with Crippen molar-refractivity contribution in [2.75, 3.05) is 26.7 Å². The molecule has 0 aromatic carbocycles. The van der Waals surface area contributed by atoms with E-state index in [2.05, 4.69) is 11.9 Å². The highest BCUT2D eigenvalue weighted by Crippen LogP contribution is 2.33. The monoisotopic (exact) mass is 320 g/mol. The first-order chi connectivity index (χ1) is 8.96. The molecule has 4 rings (SSSR count). The summed E-state index contributed by atoms with van der Waals surface area (Å²) in [4.78, 5) is 2.30. The van der Waals surface area contributed by atoms with Crippen molar-refractivity contribution in [3.8, 4) is 0 Å². The molecule has 0 radical (unpaired) electrons. The second-order valence-electron chi connectivity index (χ2n) is 5.42. The Morgan fingerprint density at radius 3 is 2.68 bits per heavy atom. The van der Waals surface area contributed by atoms with Gasteiger partial charge in [-0.05, 0) is 37.9 Å². The molecule has 0 spiro atoms. The lowest BCUT2D eigenvalue weighted by Crippen LogP contribution is -2.41. The van der Waals surface area contributed by atoms with Crippen LogP contribution in [0.1, 0.15) is 12.8 Å². The first-order valence-corrected chi connectivity index (χ1v) is 9.06. The summed E-state index contributed by atoms with van der Waals surface area (Å²) >= 11 is 7.00. The molecule has 0 aliphatic carbocycles. The van der Waals surface area contributed by atoms with E-state index in [1.165, 1.54) is 0 Å². The molecule has 3 aliphatic rings. The molecule has 1 aromatic heterocycles. The number of sulfonamides is 1. The lowest BCUT2D eigenvalue weighted by atomic mass is 9.96. The summed E-state index contributed by atoms with van der Waals surface area (Å²) < 4.78 is 27.8. The van der Waals surface area contributed by atoms with E-state index in [4.69, 9.17) is 11.6 Å². The molecule has 3 saturated heterocycles. The summed E-state index contributed by atoms with van der Waals surface area (Å²) in [5.74, 6) is 0.453. The van der Waals surface area contributed by atoms with Gasteiger partial charge in [0.1, 0.15) is 4.21 Å². The van der Waals surface area contributed by atoms with E-state index >= 15 is 0 Å². The van der Waals surface area contributed by atoms with E-state index in [0.717, 1.165) is 30.7 Å². The van der Waals surface area contributed by atoms with Gasteiger partial charge in [0, 0.05) is 25.7 Å². The van der Waals surface area contributed by atoms with Crippen LogP contribution in [0.5, 0.6) is 0 Å². The van der Waals surface area contributed by atoms with Crippen molar-refractivity contribution in [1.82, 2.24) is 9.21 Å². The third kappa shape index (κ3) is 2.56. The minimum absolute atomic E-state index is 0.351. The standard InChI is InChI=1S/C12H17ClN2O2S2/c1-14-6-9-2-3-10(14)8-15(7-9)19(16,17)12-5-4-11(13)18-12/h4-5,9-10H,2-3,6-8H2,1H3/t9-,10-/m1/s1. The minimum Gasteiger partial charge on any atom is -0.302 e. The quantitative estimate of drug-likeness (QED) is 0.838. The molecule has 3 fully saturated rings. The average Bonchev–Trinajstić information content (AvgIpc) is 2.60. The Kier molecular flexibility index (Phi) is 3.64. The Balaban J connectivity index is 1.90. The highest BCUT2D eigenvalue weighted by atomic mass is 35.5. The maximum atomic E-state index is 12.6. The van der Waals surface area contributed by atoms with Gasteiger partial charge in [0.15, 0.2) is 0 Å². The fourth-order valence-electron chi connectivity index (χ4n) is 3.03. The summed E-state index contributed by atoms with van der Waals surface area (Å²) in [6.45, 7) is 2.24. The predicted molar refractivity (Wildman–Crippen MR) is 77.2 cm³/mol. The molecule has 19 heavy (non-hydrogen) atoms. The van der Waals surface area contributed by atoms with E-state index in [1.807, 2.05) is 0 Å². The maximum absolute atomic E-state index is 12.6. The Morgan fingerprint density at radius 1 is 1.26 bits per heavy atom. The Labute approximate surface area is 123 Å². The fourth-order valence-corrected chi connectivity index (χ4v) is 6.22. The molecule has 0 unspecified atom stereocenters. The second-order valence-corrected chi connectivity index (χ2v) is 9.30. The SMILES string of the molecule is CN1C[C@H]2CC[C@@H]1CN(S(=O)(=O)c1ccc(Cl)s1)C2. The molecule has 3 aliphatic heterocycles. The van der Waals surface area contributed by atoms with Crippen LogP contribution in [-0.2, 0) is 10.0 Å². The van der Waals surface area contributed by atoms with Gasteiger partial charge in [-0.25, -0.2) is 8.42 Å². The Bertz CT molecular complexity index is 572. The van der Waals surface area contributed by atoms with Crippen molar-refractivity contribution < 1.29 is 8.42 Å². The normalized spacial score (nSPS) is 29.6. The van der Waals surface area contributed by atoms with Gasteiger partial charge in [-0.2, -0.15) is 4.31 Å². The zero-order chi connectivity index (χ0) is 13.6. The van der Waals surface area contributed by atoms with E-state index in [9.17, 15) is 8.42 Å². The van der Waals surface area contributed by atoms with Crippen LogP contribution in [0, 0.1) is 5.92 Å². The molecule has 0 N–H and O–H groups in total. The highest BCUT2D eigenvalue weighted by molar-refractivity contribution is 7.91. The zero-order valence-corrected chi connectivity index (χ0v) is 13.1. The van der Waals surface area contributed by atoms with Crippen LogP contribution >= 0.6 is 22.9 Å². The molecule has 2 bridgehead atoms. The van der Waals surface area contributed by atoms with Crippen LogP contribution in [0.4, 0.5) is 0 Å². The molecule has 0 amide bonds. The Morgan fingerprint density at radius 2 is 2.05 bits per heavy atom. The number of fused-ring (bicyclic) bond motifs is 4. The van der Waals surface area contributed by atoms with Gasteiger partial charge in [0.25, 0.3) is 10.0 Å². The summed E-state index contributed by atoms with van der Waals surface area (Å²) in [5.41, 5.74) is 0. The number of likely N-dealkylation sites (N-methyl/N-ethyl adjacent to an activating group) is 1. The van der Waals surface area contributed by atoms with Gasteiger partial charge in [0.05, 0.1) is 4.34 Å². The van der Waals surface area contributed by atoms with Gasteiger partial charge in [-0.1, -0.05) is 11.6 Å². The van der Waals surface area contributed by atoms with Crippen molar-refractivity contribution in [2.45, 2.75) is 23.1 Å². The van der Waals surface area contributed by atoms with Crippen molar-refractivity contribution in [1.29, 1.82) is 0 Å². The maximum Gasteiger partial charge on any atom is 0.252 e. The Hall–Kier alpha value is -0.140. The number of halogens is 1. The van der Waals surface area contributed by atoms with Crippen LogP contribution in [0.3, 0.4) is 0 Å². The van der Waals surface area contributed by atoms with Crippen molar-refractivity contribution >= 4 is 33.0 Å². The van der Waals surface area contributed by atoms with Crippen molar-refractivity contribution in [2.24, 2.45) is 5.92 Å². The number of thiophene rings is 1. The molecular weight excluding hydrogens is 304 g/mol. The first kappa shape index (κ1) is 13.8. The summed E-state index contributed by atoms with van der Waals surface area (Å²) in [7, 11) is -1.28. The third-order valence-electron chi connectivity index (χ3n) is 4.10. The van der Waals surface area contributed by atoms with Gasteiger partial charge >= 0.3 is 0 Å². The molecule has 7 heteroatoms. The second kappa shape index (κ2) is 5.00. The molecule has 4 heterocycles. The largest absolute Gasteiger partial charge is 0.302 e. The highest BCUT2D eigenvalue weighted by Gasteiger charge is 2.38. The molecule has 4 nitrogen and oxygen atoms in total. The van der Waals surface area contributed by atoms with Gasteiger partial charge in [-0.3, -0.25) is 0 Å². The van der Waals surface area contributed by atoms with Crippen LogP contribution in [0.2, 0.25) is 4.34 Å². The van der Waals surface area contributed by atoms with E-state index in [-0.39, 0.29) is 0 Å². The summed E-state index contributed by atoms with van der Waals surface area (Å²) in [6.07, 6.45) is 2.23. The van der Waals surface area contributed by atoms with Crippen LogP contribution in [0.25, 0.3) is 0 Å². The van der Waals surface area contributed by atoms with Gasteiger partial charge in [0.2, 0.25) is 0 Å². The summed E-state index contributed by atoms with van der Waals surface area (Å²) in [6, 6.07) is 3.61. The number of hydrogen-bond acceptors (Lipinski definition) is 4. The number of rotatable bonds is 2. The number of hydrogen-bond donors (Lipinski definition) is 0. The smallest absolute Gasteiger partial charge is 0.252 e. The van der Waals surface area contributed by atoms with Crippen LogP contribution < -0.4 is 0 Å². The molecule has 1 aromatic rings. The topological polar surface area (TPSA) is 40.6 Å². The van der Waals surface area contributed by atoms with Crippen LogP contribution in [-0.4, -0.2) is 50.3 Å². The summed E-state index contributed by atoms with van der Waals surface area (Å²) in [5, 5.41) is 0. The van der Waals surface area contributed by atoms with E-state index in [0.29, 0.717) is 33.6 Å². The number of piperidine rings is 1. The lowest BCUT2D eigenvalue weighted by molar-refractivity contribution is 0.168. The van der Waals surface area contributed by atoms with Gasteiger partial charge < -0.3 is 4.90 Å². The van der Waals surface area contributed by atoms with Crippen molar-refractivity contribution in [3.63, 3.8) is 0 Å². The third-order valence-corrected chi connectivity index (χ3v) is 7.63.